The first-order chi connectivity index (χ1) is 12.4. The van der Waals surface area contributed by atoms with Gasteiger partial charge in [0.1, 0.15) is 11.6 Å². The zero-order valence-electron chi connectivity index (χ0n) is 14.4. The van der Waals surface area contributed by atoms with Crippen LogP contribution in [0.2, 0.25) is 0 Å². The number of nitrogens with zero attached hydrogens (tertiary/aromatic N) is 2. The number of aromatic nitrogens is 1. The number of rotatable bonds is 4. The minimum absolute atomic E-state index is 0.0610. The van der Waals surface area contributed by atoms with Crippen molar-refractivity contribution in [3.05, 3.63) is 54.0 Å². The molecular formula is C18H20FN3O3S. The summed E-state index contributed by atoms with van der Waals surface area (Å²) < 4.78 is 39.6. The van der Waals surface area contributed by atoms with Crippen LogP contribution >= 0.6 is 0 Å². The van der Waals surface area contributed by atoms with Gasteiger partial charge in [-0.05, 0) is 55.7 Å². The maximum absolute atomic E-state index is 13.0. The Hall–Kier alpha value is -2.32. The van der Waals surface area contributed by atoms with E-state index in [0.29, 0.717) is 18.7 Å². The summed E-state index contributed by atoms with van der Waals surface area (Å²) >= 11 is 0. The third kappa shape index (κ3) is 3.91. The molecule has 1 aliphatic heterocycles. The number of aryl methyl sites for hydroxylation is 1. The van der Waals surface area contributed by atoms with Crippen LogP contribution in [-0.2, 0) is 14.8 Å². The molecule has 0 spiro atoms. The number of sulfonamides is 1. The van der Waals surface area contributed by atoms with Crippen molar-refractivity contribution in [3.63, 3.8) is 0 Å². The minimum atomic E-state index is -3.67. The van der Waals surface area contributed by atoms with Crippen molar-refractivity contribution in [1.29, 1.82) is 0 Å². The molecule has 8 heteroatoms. The fourth-order valence-electron chi connectivity index (χ4n) is 2.95. The largest absolute Gasteiger partial charge is 0.310 e. The standard InChI is InChI=1S/C18H20FN3O3S/c1-13-3-2-10-20-17(13)21-18(23)14-8-11-22(12-9-14)26(24,25)16-6-4-15(19)5-7-16/h2-7,10,14H,8-9,11-12H2,1H3,(H,20,21,23). The van der Waals surface area contributed by atoms with Gasteiger partial charge < -0.3 is 5.32 Å². The van der Waals surface area contributed by atoms with Gasteiger partial charge in [0.05, 0.1) is 4.90 Å². The lowest BCUT2D eigenvalue weighted by Crippen LogP contribution is -2.41. The molecule has 1 aliphatic rings. The van der Waals surface area contributed by atoms with Gasteiger partial charge in [0.2, 0.25) is 15.9 Å². The molecule has 0 saturated carbocycles. The summed E-state index contributed by atoms with van der Waals surface area (Å²) in [4.78, 5) is 16.6. The molecule has 0 radical (unpaired) electrons. The van der Waals surface area contributed by atoms with E-state index in [9.17, 15) is 17.6 Å². The van der Waals surface area contributed by atoms with E-state index in [2.05, 4.69) is 10.3 Å². The number of benzene rings is 1. The molecule has 3 rings (SSSR count). The van der Waals surface area contributed by atoms with Crippen LogP contribution in [0, 0.1) is 18.7 Å². The summed E-state index contributed by atoms with van der Waals surface area (Å²) in [6, 6.07) is 8.43. The van der Waals surface area contributed by atoms with Gasteiger partial charge >= 0.3 is 0 Å². The van der Waals surface area contributed by atoms with Gasteiger partial charge in [-0.3, -0.25) is 4.79 Å². The highest BCUT2D eigenvalue weighted by Crippen LogP contribution is 2.25. The first-order valence-corrected chi connectivity index (χ1v) is 9.80. The van der Waals surface area contributed by atoms with Crippen molar-refractivity contribution >= 4 is 21.7 Å². The van der Waals surface area contributed by atoms with E-state index in [0.717, 1.165) is 17.7 Å². The molecule has 1 saturated heterocycles. The van der Waals surface area contributed by atoms with Crippen LogP contribution in [0.4, 0.5) is 10.2 Å². The fraction of sp³-hybridized carbons (Fsp3) is 0.333. The van der Waals surface area contributed by atoms with E-state index in [-0.39, 0.29) is 29.8 Å². The lowest BCUT2D eigenvalue weighted by Gasteiger charge is -2.30. The number of pyridine rings is 1. The smallest absolute Gasteiger partial charge is 0.243 e. The van der Waals surface area contributed by atoms with Crippen LogP contribution in [0.1, 0.15) is 18.4 Å². The number of anilines is 1. The van der Waals surface area contributed by atoms with E-state index in [1.807, 2.05) is 13.0 Å². The summed E-state index contributed by atoms with van der Waals surface area (Å²) in [5.74, 6) is -0.371. The highest BCUT2D eigenvalue weighted by Gasteiger charge is 2.32. The molecule has 1 amide bonds. The Morgan fingerprint density at radius 3 is 2.46 bits per heavy atom. The predicted octanol–water partition coefficient (Wildman–Crippen LogP) is 2.57. The zero-order valence-corrected chi connectivity index (χ0v) is 15.2. The van der Waals surface area contributed by atoms with E-state index in [1.165, 1.54) is 16.4 Å². The molecule has 1 aromatic heterocycles. The molecule has 1 fully saturated rings. The number of hydrogen-bond acceptors (Lipinski definition) is 4. The average molecular weight is 377 g/mol. The van der Waals surface area contributed by atoms with E-state index in [1.54, 1.807) is 12.3 Å². The number of carbonyl (C=O) groups is 1. The van der Waals surface area contributed by atoms with Gasteiger partial charge in [0.25, 0.3) is 0 Å². The van der Waals surface area contributed by atoms with Gasteiger partial charge in [-0.2, -0.15) is 4.31 Å². The molecule has 138 valence electrons. The van der Waals surface area contributed by atoms with Crippen molar-refractivity contribution in [2.24, 2.45) is 5.92 Å². The predicted molar refractivity (Wildman–Crippen MR) is 95.5 cm³/mol. The molecule has 0 unspecified atom stereocenters. The number of carbonyl (C=O) groups excluding carboxylic acids is 1. The molecule has 6 nitrogen and oxygen atoms in total. The highest BCUT2D eigenvalue weighted by molar-refractivity contribution is 7.89. The van der Waals surface area contributed by atoms with Crippen molar-refractivity contribution < 1.29 is 17.6 Å². The second-order valence-corrected chi connectivity index (χ2v) is 8.23. The molecule has 0 bridgehead atoms. The molecule has 1 N–H and O–H groups in total. The molecule has 26 heavy (non-hydrogen) atoms. The Balaban J connectivity index is 1.62. The fourth-order valence-corrected chi connectivity index (χ4v) is 4.42. The second kappa shape index (κ2) is 7.51. The topological polar surface area (TPSA) is 79.4 Å². The Morgan fingerprint density at radius 1 is 1.19 bits per heavy atom. The van der Waals surface area contributed by atoms with E-state index < -0.39 is 15.8 Å². The molecule has 1 aromatic carbocycles. The molecule has 2 heterocycles. The monoisotopic (exact) mass is 377 g/mol. The number of piperidine rings is 1. The van der Waals surface area contributed by atoms with Gasteiger partial charge in [-0.1, -0.05) is 6.07 Å². The first-order valence-electron chi connectivity index (χ1n) is 8.36. The molecule has 2 aromatic rings. The van der Waals surface area contributed by atoms with Gasteiger partial charge in [-0.15, -0.1) is 0 Å². The highest BCUT2D eigenvalue weighted by atomic mass is 32.2. The molecular weight excluding hydrogens is 357 g/mol. The zero-order chi connectivity index (χ0) is 18.7. The number of halogens is 1. The normalized spacial score (nSPS) is 16.4. The van der Waals surface area contributed by atoms with Gasteiger partial charge in [0, 0.05) is 25.2 Å². The minimum Gasteiger partial charge on any atom is -0.310 e. The van der Waals surface area contributed by atoms with E-state index >= 15 is 0 Å². The van der Waals surface area contributed by atoms with Crippen LogP contribution < -0.4 is 5.32 Å². The Morgan fingerprint density at radius 2 is 1.85 bits per heavy atom. The lowest BCUT2D eigenvalue weighted by atomic mass is 9.97. The number of nitrogens with one attached hydrogen (secondary N) is 1. The van der Waals surface area contributed by atoms with Gasteiger partial charge in [-0.25, -0.2) is 17.8 Å². The number of hydrogen-bond donors (Lipinski definition) is 1. The SMILES string of the molecule is Cc1cccnc1NC(=O)C1CCN(S(=O)(=O)c2ccc(F)cc2)CC1. The van der Waals surface area contributed by atoms with Crippen molar-refractivity contribution in [2.75, 3.05) is 18.4 Å². The average Bonchev–Trinajstić information content (AvgIpc) is 2.64. The third-order valence-electron chi connectivity index (χ3n) is 4.53. The van der Waals surface area contributed by atoms with Gasteiger partial charge in [0.15, 0.2) is 0 Å². The summed E-state index contributed by atoms with van der Waals surface area (Å²) in [5.41, 5.74) is 0.872. The van der Waals surface area contributed by atoms with E-state index in [4.69, 9.17) is 0 Å². The third-order valence-corrected chi connectivity index (χ3v) is 6.44. The summed E-state index contributed by atoms with van der Waals surface area (Å²) in [7, 11) is -3.67. The Kier molecular flexibility index (Phi) is 5.33. The van der Waals surface area contributed by atoms with Crippen molar-refractivity contribution in [1.82, 2.24) is 9.29 Å². The second-order valence-electron chi connectivity index (χ2n) is 6.29. The first kappa shape index (κ1) is 18.5. The lowest BCUT2D eigenvalue weighted by molar-refractivity contribution is -0.120. The molecule has 0 atom stereocenters. The van der Waals surface area contributed by atoms with Crippen molar-refractivity contribution in [3.8, 4) is 0 Å². The van der Waals surface area contributed by atoms with Crippen LogP contribution in [0.15, 0.2) is 47.5 Å². The molecule has 0 aliphatic carbocycles. The number of amides is 1. The Labute approximate surface area is 152 Å². The maximum Gasteiger partial charge on any atom is 0.243 e. The van der Waals surface area contributed by atoms with Crippen molar-refractivity contribution in [2.45, 2.75) is 24.7 Å². The summed E-state index contributed by atoms with van der Waals surface area (Å²) in [5, 5.41) is 2.81. The van der Waals surface area contributed by atoms with Crippen LogP contribution in [0.25, 0.3) is 0 Å². The maximum atomic E-state index is 13.0. The summed E-state index contributed by atoms with van der Waals surface area (Å²) in [6.07, 6.45) is 2.47. The quantitative estimate of drug-likeness (QED) is 0.888. The summed E-state index contributed by atoms with van der Waals surface area (Å²) in [6.45, 7) is 2.36. The van der Waals surface area contributed by atoms with Crippen LogP contribution in [0.3, 0.4) is 0 Å². The van der Waals surface area contributed by atoms with Crippen LogP contribution in [0.5, 0.6) is 0 Å². The Bertz CT molecular complexity index is 892. The van der Waals surface area contributed by atoms with Crippen LogP contribution in [-0.4, -0.2) is 36.7 Å².